The number of likely N-dealkylation sites (N-methyl/N-ethyl adjacent to an activating group) is 1. The number of amides is 1. The van der Waals surface area contributed by atoms with Crippen LogP contribution >= 0.6 is 11.8 Å². The second kappa shape index (κ2) is 7.67. The minimum atomic E-state index is -1.02. The van der Waals surface area contributed by atoms with Gasteiger partial charge in [0, 0.05) is 7.05 Å². The van der Waals surface area contributed by atoms with Crippen molar-refractivity contribution in [3.05, 3.63) is 64.1 Å². The Morgan fingerprint density at radius 1 is 1.26 bits per heavy atom. The first kappa shape index (κ1) is 18.7. The minimum Gasteiger partial charge on any atom is -0.497 e. The fourth-order valence-corrected chi connectivity index (χ4v) is 3.53. The van der Waals surface area contributed by atoms with Crippen molar-refractivity contribution in [2.75, 3.05) is 14.2 Å². The maximum atomic E-state index is 12.6. The van der Waals surface area contributed by atoms with Gasteiger partial charge < -0.3 is 9.84 Å². The van der Waals surface area contributed by atoms with Crippen LogP contribution in [0.3, 0.4) is 0 Å². The molecule has 0 radical (unpaired) electrons. The molecule has 138 valence electrons. The summed E-state index contributed by atoms with van der Waals surface area (Å²) in [5, 5.41) is 9.60. The van der Waals surface area contributed by atoms with Crippen LogP contribution in [-0.4, -0.2) is 41.2 Å². The van der Waals surface area contributed by atoms with Crippen LogP contribution in [-0.2, 0) is 4.79 Å². The predicted octanol–water partition coefficient (Wildman–Crippen LogP) is 3.94. The molecule has 0 saturated carbocycles. The van der Waals surface area contributed by atoms with Gasteiger partial charge in [0.25, 0.3) is 5.91 Å². The van der Waals surface area contributed by atoms with Crippen molar-refractivity contribution in [2.24, 2.45) is 4.99 Å². The number of methoxy groups -OCH3 is 1. The third kappa shape index (κ3) is 4.03. The number of nitrogens with zero attached hydrogens (tertiary/aromatic N) is 2. The average Bonchev–Trinajstić information content (AvgIpc) is 2.91. The SMILES string of the molecule is COc1ccc(/C=C2/SC(=Nc3cccc(C(=O)O)c3)N(C)C2=O)c(C)c1. The molecular weight excluding hydrogens is 364 g/mol. The summed E-state index contributed by atoms with van der Waals surface area (Å²) in [6.07, 6.45) is 1.83. The fourth-order valence-electron chi connectivity index (χ4n) is 2.55. The van der Waals surface area contributed by atoms with Crippen molar-refractivity contribution >= 4 is 40.6 Å². The summed E-state index contributed by atoms with van der Waals surface area (Å²) in [6.45, 7) is 1.95. The molecule has 1 amide bonds. The van der Waals surface area contributed by atoms with E-state index in [4.69, 9.17) is 9.84 Å². The van der Waals surface area contributed by atoms with E-state index in [1.807, 2.05) is 31.2 Å². The van der Waals surface area contributed by atoms with Crippen molar-refractivity contribution in [3.63, 3.8) is 0 Å². The molecule has 2 aromatic rings. The topological polar surface area (TPSA) is 79.2 Å². The Kier molecular flexibility index (Phi) is 5.32. The molecule has 1 fully saturated rings. The summed E-state index contributed by atoms with van der Waals surface area (Å²) in [5.41, 5.74) is 2.56. The molecule has 0 atom stereocenters. The number of aryl methyl sites for hydroxylation is 1. The first-order chi connectivity index (χ1) is 12.9. The van der Waals surface area contributed by atoms with Crippen LogP contribution in [0.1, 0.15) is 21.5 Å². The third-order valence-corrected chi connectivity index (χ3v) is 5.15. The third-order valence-electron chi connectivity index (χ3n) is 4.09. The number of aromatic carboxylic acids is 1. The van der Waals surface area contributed by atoms with Crippen LogP contribution in [0.5, 0.6) is 5.75 Å². The number of aliphatic imine (C=N–C) groups is 1. The highest BCUT2D eigenvalue weighted by molar-refractivity contribution is 8.18. The summed E-state index contributed by atoms with van der Waals surface area (Å²) < 4.78 is 5.21. The van der Waals surface area contributed by atoms with E-state index in [9.17, 15) is 9.59 Å². The van der Waals surface area contributed by atoms with Gasteiger partial charge in [-0.3, -0.25) is 9.69 Å². The van der Waals surface area contributed by atoms with E-state index >= 15 is 0 Å². The first-order valence-corrected chi connectivity index (χ1v) is 8.95. The Bertz CT molecular complexity index is 982. The van der Waals surface area contributed by atoms with Gasteiger partial charge in [-0.05, 0) is 66.2 Å². The molecule has 0 bridgehead atoms. The van der Waals surface area contributed by atoms with Crippen molar-refractivity contribution in [3.8, 4) is 5.75 Å². The van der Waals surface area contributed by atoms with E-state index < -0.39 is 5.97 Å². The molecule has 27 heavy (non-hydrogen) atoms. The van der Waals surface area contributed by atoms with Gasteiger partial charge in [-0.25, -0.2) is 9.79 Å². The largest absolute Gasteiger partial charge is 0.497 e. The number of rotatable bonds is 4. The molecule has 1 aliphatic rings. The molecule has 0 spiro atoms. The van der Waals surface area contributed by atoms with E-state index in [0.717, 1.165) is 16.9 Å². The summed E-state index contributed by atoms with van der Waals surface area (Å²) in [4.78, 5) is 30.1. The van der Waals surface area contributed by atoms with E-state index in [1.165, 1.54) is 28.8 Å². The maximum absolute atomic E-state index is 12.6. The van der Waals surface area contributed by atoms with E-state index in [-0.39, 0.29) is 11.5 Å². The molecule has 1 aliphatic heterocycles. The monoisotopic (exact) mass is 382 g/mol. The van der Waals surface area contributed by atoms with Gasteiger partial charge in [0.2, 0.25) is 0 Å². The molecular formula is C20H18N2O4S. The number of carbonyl (C=O) groups excluding carboxylic acids is 1. The fraction of sp³-hybridized carbons (Fsp3) is 0.150. The number of amidine groups is 1. The average molecular weight is 382 g/mol. The van der Waals surface area contributed by atoms with Gasteiger partial charge in [-0.15, -0.1) is 0 Å². The second-order valence-electron chi connectivity index (χ2n) is 5.95. The van der Waals surface area contributed by atoms with Gasteiger partial charge in [0.05, 0.1) is 23.3 Å². The van der Waals surface area contributed by atoms with E-state index in [1.54, 1.807) is 26.3 Å². The smallest absolute Gasteiger partial charge is 0.335 e. The highest BCUT2D eigenvalue weighted by Crippen LogP contribution is 2.34. The van der Waals surface area contributed by atoms with Crippen molar-refractivity contribution < 1.29 is 19.4 Å². The Morgan fingerprint density at radius 2 is 2.04 bits per heavy atom. The van der Waals surface area contributed by atoms with E-state index in [2.05, 4.69) is 4.99 Å². The van der Waals surface area contributed by atoms with Crippen LogP contribution in [0.4, 0.5) is 5.69 Å². The Hall–Kier alpha value is -3.06. The van der Waals surface area contributed by atoms with Crippen LogP contribution in [0.15, 0.2) is 52.4 Å². The zero-order valence-electron chi connectivity index (χ0n) is 15.1. The summed E-state index contributed by atoms with van der Waals surface area (Å²) >= 11 is 1.26. The number of carboxylic acids is 1. The van der Waals surface area contributed by atoms with Gasteiger partial charge in [-0.2, -0.15) is 0 Å². The number of hydrogen-bond acceptors (Lipinski definition) is 5. The summed E-state index contributed by atoms with van der Waals surface area (Å²) in [6, 6.07) is 12.0. The lowest BCUT2D eigenvalue weighted by Gasteiger charge is -2.07. The number of carbonyl (C=O) groups is 2. The van der Waals surface area contributed by atoms with Crippen LogP contribution in [0.25, 0.3) is 6.08 Å². The van der Waals surface area contributed by atoms with E-state index in [0.29, 0.717) is 15.8 Å². The van der Waals surface area contributed by atoms with Crippen molar-refractivity contribution in [2.45, 2.75) is 6.92 Å². The minimum absolute atomic E-state index is 0.150. The number of benzene rings is 2. The molecule has 0 unspecified atom stereocenters. The molecule has 1 heterocycles. The van der Waals surface area contributed by atoms with Gasteiger partial charge in [-0.1, -0.05) is 12.1 Å². The lowest BCUT2D eigenvalue weighted by molar-refractivity contribution is -0.121. The number of thioether (sulfide) groups is 1. The Morgan fingerprint density at radius 3 is 2.70 bits per heavy atom. The first-order valence-electron chi connectivity index (χ1n) is 8.13. The van der Waals surface area contributed by atoms with Crippen molar-refractivity contribution in [1.29, 1.82) is 0 Å². The van der Waals surface area contributed by atoms with Crippen LogP contribution in [0.2, 0.25) is 0 Å². The highest BCUT2D eigenvalue weighted by Gasteiger charge is 2.30. The second-order valence-corrected chi connectivity index (χ2v) is 6.96. The van der Waals surface area contributed by atoms with Gasteiger partial charge >= 0.3 is 5.97 Å². The molecule has 6 nitrogen and oxygen atoms in total. The molecule has 7 heteroatoms. The standard InChI is InChI=1S/C20H18N2O4S/c1-12-9-16(26-3)8-7-13(12)11-17-18(23)22(2)20(27-17)21-15-6-4-5-14(10-15)19(24)25/h4-11H,1-3H3,(H,24,25)/b17-11+,21-20?. The summed E-state index contributed by atoms with van der Waals surface area (Å²) in [5.74, 6) is -0.405. The van der Waals surface area contributed by atoms with Crippen LogP contribution in [0, 0.1) is 6.92 Å². The number of carboxylic acid groups (broad SMARTS) is 1. The Balaban J connectivity index is 1.91. The van der Waals surface area contributed by atoms with Crippen molar-refractivity contribution in [1.82, 2.24) is 4.90 Å². The molecule has 2 aromatic carbocycles. The molecule has 0 aromatic heterocycles. The quantitative estimate of drug-likeness (QED) is 0.811. The van der Waals surface area contributed by atoms with Gasteiger partial charge in [0.1, 0.15) is 5.75 Å². The maximum Gasteiger partial charge on any atom is 0.335 e. The number of ether oxygens (including phenoxy) is 1. The van der Waals surface area contributed by atoms with Gasteiger partial charge in [0.15, 0.2) is 5.17 Å². The molecule has 1 saturated heterocycles. The molecule has 3 rings (SSSR count). The molecule has 1 N–H and O–H groups in total. The predicted molar refractivity (Wildman–Crippen MR) is 107 cm³/mol. The normalized spacial score (nSPS) is 17.0. The zero-order chi connectivity index (χ0) is 19.6. The van der Waals surface area contributed by atoms with Crippen LogP contribution < -0.4 is 4.74 Å². The lowest BCUT2D eigenvalue weighted by Crippen LogP contribution is -2.23. The number of hydrogen-bond donors (Lipinski definition) is 1. The summed E-state index contributed by atoms with van der Waals surface area (Å²) in [7, 11) is 3.26. The molecule has 0 aliphatic carbocycles. The highest BCUT2D eigenvalue weighted by atomic mass is 32.2. The lowest BCUT2D eigenvalue weighted by atomic mass is 10.1. The zero-order valence-corrected chi connectivity index (χ0v) is 15.9. The Labute approximate surface area is 161 Å².